The number of hydrogen-bond donors (Lipinski definition) is 1. The molecule has 3 rings (SSSR count). The van der Waals surface area contributed by atoms with Crippen molar-refractivity contribution in [1.82, 2.24) is 9.97 Å². The molecule has 0 saturated heterocycles. The number of nitrogens with zero attached hydrogens (tertiary/aromatic N) is 2. The highest BCUT2D eigenvalue weighted by molar-refractivity contribution is 7.16. The Morgan fingerprint density at radius 3 is 2.90 bits per heavy atom. The highest BCUT2D eigenvalue weighted by Crippen LogP contribution is 2.40. The van der Waals surface area contributed by atoms with Gasteiger partial charge in [0, 0.05) is 0 Å². The first-order valence-corrected chi connectivity index (χ1v) is 7.98. The zero-order chi connectivity index (χ0) is 14.3. The number of ether oxygens (including phenoxy) is 1. The zero-order valence-electron chi connectivity index (χ0n) is 12.2. The number of nitrogen functional groups attached to an aromatic ring is 1. The lowest BCUT2D eigenvalue weighted by atomic mass is 9.71. The van der Waals surface area contributed by atoms with Crippen molar-refractivity contribution in [2.24, 2.45) is 11.3 Å². The Bertz CT molecular complexity index is 623. The van der Waals surface area contributed by atoms with E-state index in [2.05, 4.69) is 30.7 Å². The Morgan fingerprint density at radius 2 is 2.15 bits per heavy atom. The van der Waals surface area contributed by atoms with E-state index in [1.807, 2.05) is 11.4 Å². The van der Waals surface area contributed by atoms with E-state index in [4.69, 9.17) is 10.5 Å². The predicted molar refractivity (Wildman–Crippen MR) is 83.0 cm³/mol. The van der Waals surface area contributed by atoms with Crippen LogP contribution in [0.15, 0.2) is 11.4 Å². The summed E-state index contributed by atoms with van der Waals surface area (Å²) in [4.78, 5) is 9.43. The normalized spacial score (nSPS) is 25.8. The Kier molecular flexibility index (Phi) is 3.32. The minimum atomic E-state index is 0.214. The van der Waals surface area contributed by atoms with Gasteiger partial charge in [-0.2, -0.15) is 4.98 Å². The van der Waals surface area contributed by atoms with Crippen LogP contribution in [0.1, 0.15) is 40.0 Å². The van der Waals surface area contributed by atoms with Crippen molar-refractivity contribution in [3.63, 3.8) is 0 Å². The largest absolute Gasteiger partial charge is 0.474 e. The van der Waals surface area contributed by atoms with Gasteiger partial charge in [0.2, 0.25) is 11.8 Å². The molecular formula is C15H21N3OS. The van der Waals surface area contributed by atoms with Crippen molar-refractivity contribution in [2.75, 3.05) is 5.73 Å². The van der Waals surface area contributed by atoms with Crippen LogP contribution >= 0.6 is 11.3 Å². The molecule has 2 aromatic rings. The summed E-state index contributed by atoms with van der Waals surface area (Å²) in [5.41, 5.74) is 6.10. The van der Waals surface area contributed by atoms with E-state index >= 15 is 0 Å². The molecule has 0 amide bonds. The first-order valence-electron chi connectivity index (χ1n) is 7.10. The molecule has 0 aliphatic heterocycles. The zero-order valence-corrected chi connectivity index (χ0v) is 13.0. The summed E-state index contributed by atoms with van der Waals surface area (Å²) >= 11 is 1.57. The number of thiophene rings is 1. The van der Waals surface area contributed by atoms with Crippen molar-refractivity contribution in [2.45, 2.75) is 46.1 Å². The lowest BCUT2D eigenvalue weighted by Gasteiger charge is -2.38. The van der Waals surface area contributed by atoms with Crippen LogP contribution in [0.4, 0.5) is 5.95 Å². The minimum Gasteiger partial charge on any atom is -0.474 e. The standard InChI is InChI=1S/C15H21N3OS/c1-9-6-10(8-15(2,3)7-9)19-12-11-4-5-20-13(11)18-14(16)17-12/h4-5,9-10H,6-8H2,1-3H3,(H2,16,17,18). The summed E-state index contributed by atoms with van der Waals surface area (Å²) in [7, 11) is 0. The van der Waals surface area contributed by atoms with Crippen LogP contribution in [0, 0.1) is 11.3 Å². The second-order valence-electron chi connectivity index (χ2n) is 6.68. The first kappa shape index (κ1) is 13.6. The maximum Gasteiger partial charge on any atom is 0.227 e. The van der Waals surface area contributed by atoms with Gasteiger partial charge in [0.05, 0.1) is 5.39 Å². The van der Waals surface area contributed by atoms with Crippen LogP contribution in [0.2, 0.25) is 0 Å². The van der Waals surface area contributed by atoms with E-state index in [1.165, 1.54) is 6.42 Å². The SMILES string of the molecule is CC1CC(Oc2nc(N)nc3sccc23)CC(C)(C)C1. The lowest BCUT2D eigenvalue weighted by molar-refractivity contribution is 0.0544. The van der Waals surface area contributed by atoms with Crippen LogP contribution in [0.3, 0.4) is 0 Å². The summed E-state index contributed by atoms with van der Waals surface area (Å²) in [6.45, 7) is 6.92. The fourth-order valence-corrected chi connectivity index (χ4v) is 4.20. The van der Waals surface area contributed by atoms with Gasteiger partial charge in [-0.1, -0.05) is 20.8 Å². The number of rotatable bonds is 2. The molecule has 0 spiro atoms. The average Bonchev–Trinajstić information content (AvgIpc) is 2.73. The maximum atomic E-state index is 6.19. The number of fused-ring (bicyclic) bond motifs is 1. The van der Waals surface area contributed by atoms with E-state index in [-0.39, 0.29) is 12.1 Å². The van der Waals surface area contributed by atoms with Crippen LogP contribution in [0.25, 0.3) is 10.2 Å². The van der Waals surface area contributed by atoms with Crippen LogP contribution in [0.5, 0.6) is 5.88 Å². The lowest BCUT2D eigenvalue weighted by Crippen LogP contribution is -2.34. The maximum absolute atomic E-state index is 6.19. The van der Waals surface area contributed by atoms with Gasteiger partial charge in [-0.15, -0.1) is 11.3 Å². The van der Waals surface area contributed by atoms with Gasteiger partial charge in [-0.25, -0.2) is 4.98 Å². The van der Waals surface area contributed by atoms with Gasteiger partial charge >= 0.3 is 0 Å². The molecule has 0 radical (unpaired) electrons. The van der Waals surface area contributed by atoms with E-state index in [0.717, 1.165) is 23.1 Å². The third-order valence-electron chi connectivity index (χ3n) is 3.93. The van der Waals surface area contributed by atoms with E-state index < -0.39 is 0 Å². The molecule has 2 heterocycles. The smallest absolute Gasteiger partial charge is 0.227 e. The van der Waals surface area contributed by atoms with Crippen molar-refractivity contribution in [1.29, 1.82) is 0 Å². The molecule has 1 aliphatic carbocycles. The molecule has 1 fully saturated rings. The summed E-state index contributed by atoms with van der Waals surface area (Å²) in [5.74, 6) is 1.61. The quantitative estimate of drug-likeness (QED) is 0.912. The minimum absolute atomic E-state index is 0.214. The first-order chi connectivity index (χ1) is 9.43. The van der Waals surface area contributed by atoms with Crippen molar-refractivity contribution >= 4 is 27.5 Å². The van der Waals surface area contributed by atoms with Crippen molar-refractivity contribution in [3.05, 3.63) is 11.4 Å². The second-order valence-corrected chi connectivity index (χ2v) is 7.57. The molecular weight excluding hydrogens is 270 g/mol. The molecule has 0 bridgehead atoms. The summed E-state index contributed by atoms with van der Waals surface area (Å²) < 4.78 is 6.19. The summed E-state index contributed by atoms with van der Waals surface area (Å²) in [5, 5.41) is 2.97. The van der Waals surface area contributed by atoms with Crippen LogP contribution in [-0.2, 0) is 0 Å². The topological polar surface area (TPSA) is 61.0 Å². The molecule has 5 heteroatoms. The summed E-state index contributed by atoms with van der Waals surface area (Å²) in [6.07, 6.45) is 3.62. The number of anilines is 1. The van der Waals surface area contributed by atoms with Crippen molar-refractivity contribution in [3.8, 4) is 5.88 Å². The molecule has 1 aliphatic rings. The van der Waals surface area contributed by atoms with Crippen molar-refractivity contribution < 1.29 is 4.74 Å². The Morgan fingerprint density at radius 1 is 1.35 bits per heavy atom. The molecule has 0 aromatic carbocycles. The number of hydrogen-bond acceptors (Lipinski definition) is 5. The van der Waals surface area contributed by atoms with Gasteiger partial charge < -0.3 is 10.5 Å². The molecule has 2 N–H and O–H groups in total. The highest BCUT2D eigenvalue weighted by Gasteiger charge is 2.33. The van der Waals surface area contributed by atoms with Gasteiger partial charge in [-0.05, 0) is 42.0 Å². The Hall–Kier alpha value is -1.36. The summed E-state index contributed by atoms with van der Waals surface area (Å²) in [6, 6.07) is 2.01. The van der Waals surface area contributed by atoms with Gasteiger partial charge in [0.25, 0.3) is 0 Å². The molecule has 2 atom stereocenters. The Labute approximate surface area is 123 Å². The molecule has 20 heavy (non-hydrogen) atoms. The van der Waals surface area contributed by atoms with Gasteiger partial charge in [-0.3, -0.25) is 0 Å². The van der Waals surface area contributed by atoms with Gasteiger partial charge in [0.15, 0.2) is 0 Å². The van der Waals surface area contributed by atoms with E-state index in [9.17, 15) is 0 Å². The number of nitrogens with two attached hydrogens (primary N) is 1. The monoisotopic (exact) mass is 291 g/mol. The molecule has 1 saturated carbocycles. The highest BCUT2D eigenvalue weighted by atomic mass is 32.1. The van der Waals surface area contributed by atoms with E-state index in [1.54, 1.807) is 11.3 Å². The molecule has 2 aromatic heterocycles. The molecule has 4 nitrogen and oxygen atoms in total. The second kappa shape index (κ2) is 4.88. The van der Waals surface area contributed by atoms with Crippen LogP contribution in [-0.4, -0.2) is 16.1 Å². The Balaban J connectivity index is 1.87. The molecule has 108 valence electrons. The molecule has 2 unspecified atom stereocenters. The fourth-order valence-electron chi connectivity index (χ4n) is 3.44. The average molecular weight is 291 g/mol. The van der Waals surface area contributed by atoms with Crippen LogP contribution < -0.4 is 10.5 Å². The fraction of sp³-hybridized carbons (Fsp3) is 0.600. The van der Waals surface area contributed by atoms with E-state index in [0.29, 0.717) is 17.2 Å². The third-order valence-corrected chi connectivity index (χ3v) is 4.74. The van der Waals surface area contributed by atoms with Gasteiger partial charge in [0.1, 0.15) is 10.9 Å². The predicted octanol–water partition coefficient (Wildman–Crippen LogP) is 3.87. The third kappa shape index (κ3) is 2.73. The number of aromatic nitrogens is 2.